The number of ketones is 1. The molecule has 20 heavy (non-hydrogen) atoms. The molecule has 0 fully saturated rings. The molecule has 0 heterocycles. The van der Waals surface area contributed by atoms with E-state index in [1.54, 1.807) is 0 Å². The van der Waals surface area contributed by atoms with Gasteiger partial charge in [0.2, 0.25) is 0 Å². The Kier molecular flexibility index (Phi) is 11.3. The summed E-state index contributed by atoms with van der Waals surface area (Å²) in [5, 5.41) is 26.9. The SMILES string of the molecule is CCCCCCCCCCC(C(=O)O)C(=O)C(O)CO. The maximum atomic E-state index is 11.6. The number of aliphatic hydroxyl groups is 2. The van der Waals surface area contributed by atoms with Crippen molar-refractivity contribution in [2.24, 2.45) is 5.92 Å². The van der Waals surface area contributed by atoms with Crippen molar-refractivity contribution in [1.82, 2.24) is 0 Å². The van der Waals surface area contributed by atoms with Crippen LogP contribution in [0.2, 0.25) is 0 Å². The monoisotopic (exact) mass is 288 g/mol. The van der Waals surface area contributed by atoms with Crippen LogP contribution in [0.15, 0.2) is 0 Å². The van der Waals surface area contributed by atoms with Crippen LogP contribution < -0.4 is 0 Å². The molecule has 5 heteroatoms. The maximum Gasteiger partial charge on any atom is 0.314 e. The lowest BCUT2D eigenvalue weighted by molar-refractivity contribution is -0.150. The molecular formula is C15H28O5. The van der Waals surface area contributed by atoms with Crippen LogP contribution >= 0.6 is 0 Å². The summed E-state index contributed by atoms with van der Waals surface area (Å²) < 4.78 is 0. The number of carbonyl (C=O) groups excluding carboxylic acids is 1. The topological polar surface area (TPSA) is 94.8 Å². The van der Waals surface area contributed by atoms with Gasteiger partial charge in [0.15, 0.2) is 5.78 Å². The van der Waals surface area contributed by atoms with Crippen molar-refractivity contribution in [1.29, 1.82) is 0 Å². The molecule has 0 saturated carbocycles. The highest BCUT2D eigenvalue weighted by Gasteiger charge is 2.30. The Morgan fingerprint density at radius 1 is 0.950 bits per heavy atom. The van der Waals surface area contributed by atoms with Crippen molar-refractivity contribution in [3.63, 3.8) is 0 Å². The number of carbonyl (C=O) groups is 2. The van der Waals surface area contributed by atoms with E-state index in [-0.39, 0.29) is 6.42 Å². The summed E-state index contributed by atoms with van der Waals surface area (Å²) in [6.07, 6.45) is 7.34. The van der Waals surface area contributed by atoms with E-state index in [0.29, 0.717) is 6.42 Å². The van der Waals surface area contributed by atoms with Gasteiger partial charge in [0.05, 0.1) is 6.61 Å². The Hall–Kier alpha value is -0.940. The summed E-state index contributed by atoms with van der Waals surface area (Å²) in [5.74, 6) is -3.20. The minimum Gasteiger partial charge on any atom is -0.481 e. The Morgan fingerprint density at radius 2 is 1.45 bits per heavy atom. The third-order valence-electron chi connectivity index (χ3n) is 3.49. The van der Waals surface area contributed by atoms with Gasteiger partial charge >= 0.3 is 5.97 Å². The highest BCUT2D eigenvalue weighted by Crippen LogP contribution is 2.15. The fraction of sp³-hybridized carbons (Fsp3) is 0.867. The first-order valence-corrected chi connectivity index (χ1v) is 7.60. The highest BCUT2D eigenvalue weighted by atomic mass is 16.4. The van der Waals surface area contributed by atoms with Crippen LogP contribution in [0.1, 0.15) is 64.7 Å². The number of hydrogen-bond acceptors (Lipinski definition) is 4. The van der Waals surface area contributed by atoms with Gasteiger partial charge in [-0.15, -0.1) is 0 Å². The number of unbranched alkanes of at least 4 members (excludes halogenated alkanes) is 7. The van der Waals surface area contributed by atoms with Crippen LogP contribution in [0, 0.1) is 5.92 Å². The molecule has 0 amide bonds. The lowest BCUT2D eigenvalue weighted by Crippen LogP contribution is -2.35. The normalized spacial score (nSPS) is 13.9. The molecule has 2 atom stereocenters. The summed E-state index contributed by atoms with van der Waals surface area (Å²) in [5.41, 5.74) is 0. The molecule has 0 bridgehead atoms. The highest BCUT2D eigenvalue weighted by molar-refractivity contribution is 6.00. The molecule has 0 aliphatic rings. The average molecular weight is 288 g/mol. The largest absolute Gasteiger partial charge is 0.481 e. The molecule has 0 radical (unpaired) electrons. The molecule has 0 aliphatic carbocycles. The van der Waals surface area contributed by atoms with Crippen molar-refractivity contribution in [3.05, 3.63) is 0 Å². The molecule has 5 nitrogen and oxygen atoms in total. The van der Waals surface area contributed by atoms with Crippen LogP contribution in [-0.4, -0.2) is 39.8 Å². The molecule has 0 spiro atoms. The fourth-order valence-corrected chi connectivity index (χ4v) is 2.19. The van der Waals surface area contributed by atoms with Gasteiger partial charge in [0.25, 0.3) is 0 Å². The van der Waals surface area contributed by atoms with Crippen LogP contribution in [0.25, 0.3) is 0 Å². The standard InChI is InChI=1S/C15H28O5/c1-2-3-4-5-6-7-8-9-10-12(15(19)20)14(18)13(17)11-16/h12-13,16-17H,2-11H2,1H3,(H,19,20). The Bertz CT molecular complexity index is 277. The quantitative estimate of drug-likeness (QED) is 0.356. The number of carboxylic acid groups (broad SMARTS) is 1. The van der Waals surface area contributed by atoms with Gasteiger partial charge in [0.1, 0.15) is 12.0 Å². The van der Waals surface area contributed by atoms with Gasteiger partial charge in [-0.25, -0.2) is 0 Å². The van der Waals surface area contributed by atoms with E-state index >= 15 is 0 Å². The lowest BCUT2D eigenvalue weighted by atomic mass is 9.93. The van der Waals surface area contributed by atoms with Gasteiger partial charge in [-0.05, 0) is 6.42 Å². The molecule has 0 rings (SSSR count). The van der Waals surface area contributed by atoms with E-state index in [9.17, 15) is 14.7 Å². The zero-order chi connectivity index (χ0) is 15.4. The molecule has 0 aromatic heterocycles. The Balaban J connectivity index is 3.82. The van der Waals surface area contributed by atoms with E-state index in [1.807, 2.05) is 0 Å². The van der Waals surface area contributed by atoms with Gasteiger partial charge in [-0.2, -0.15) is 0 Å². The summed E-state index contributed by atoms with van der Waals surface area (Å²) in [6.45, 7) is 1.45. The molecular weight excluding hydrogens is 260 g/mol. The van der Waals surface area contributed by atoms with Crippen molar-refractivity contribution in [2.75, 3.05) is 6.61 Å². The number of aliphatic carboxylic acids is 1. The van der Waals surface area contributed by atoms with Gasteiger partial charge in [-0.1, -0.05) is 58.3 Å². The third-order valence-corrected chi connectivity index (χ3v) is 3.49. The number of aliphatic hydroxyl groups excluding tert-OH is 2. The summed E-state index contributed by atoms with van der Waals surface area (Å²) in [4.78, 5) is 22.5. The molecule has 118 valence electrons. The Morgan fingerprint density at radius 3 is 1.90 bits per heavy atom. The number of Topliss-reactive ketones (excluding diaryl/α,β-unsaturated/α-hetero) is 1. The van der Waals surface area contributed by atoms with E-state index in [1.165, 1.54) is 25.7 Å². The van der Waals surface area contributed by atoms with Crippen molar-refractivity contribution >= 4 is 11.8 Å². The first-order valence-electron chi connectivity index (χ1n) is 7.60. The molecule has 0 saturated heterocycles. The molecule has 2 unspecified atom stereocenters. The molecule has 0 aromatic carbocycles. The van der Waals surface area contributed by atoms with Crippen LogP contribution in [0.5, 0.6) is 0 Å². The van der Waals surface area contributed by atoms with Crippen LogP contribution in [0.4, 0.5) is 0 Å². The zero-order valence-electron chi connectivity index (χ0n) is 12.4. The first kappa shape index (κ1) is 19.1. The van der Waals surface area contributed by atoms with Crippen molar-refractivity contribution in [3.8, 4) is 0 Å². The second kappa shape index (κ2) is 11.9. The average Bonchev–Trinajstić information content (AvgIpc) is 2.43. The number of hydrogen-bond donors (Lipinski definition) is 3. The maximum absolute atomic E-state index is 11.6. The number of rotatable bonds is 13. The fourth-order valence-electron chi connectivity index (χ4n) is 2.19. The second-order valence-electron chi connectivity index (χ2n) is 5.26. The first-order chi connectivity index (χ1) is 9.54. The number of carboxylic acids is 1. The summed E-state index contributed by atoms with van der Waals surface area (Å²) in [7, 11) is 0. The minimum absolute atomic E-state index is 0.236. The second-order valence-corrected chi connectivity index (χ2v) is 5.26. The lowest BCUT2D eigenvalue weighted by Gasteiger charge is -2.14. The van der Waals surface area contributed by atoms with Gasteiger partial charge < -0.3 is 15.3 Å². The van der Waals surface area contributed by atoms with Crippen molar-refractivity contribution in [2.45, 2.75) is 70.8 Å². The predicted octanol–water partition coefficient (Wildman–Crippen LogP) is 2.14. The van der Waals surface area contributed by atoms with E-state index in [2.05, 4.69) is 6.92 Å². The van der Waals surface area contributed by atoms with Gasteiger partial charge in [0, 0.05) is 0 Å². The molecule has 0 aliphatic heterocycles. The zero-order valence-corrected chi connectivity index (χ0v) is 12.4. The van der Waals surface area contributed by atoms with Crippen molar-refractivity contribution < 1.29 is 24.9 Å². The van der Waals surface area contributed by atoms with E-state index in [0.717, 1.165) is 19.3 Å². The Labute approximate surface area is 121 Å². The van der Waals surface area contributed by atoms with E-state index < -0.39 is 30.4 Å². The summed E-state index contributed by atoms with van der Waals surface area (Å²) >= 11 is 0. The smallest absolute Gasteiger partial charge is 0.314 e. The molecule has 0 aromatic rings. The van der Waals surface area contributed by atoms with Crippen LogP contribution in [0.3, 0.4) is 0 Å². The van der Waals surface area contributed by atoms with Gasteiger partial charge in [-0.3, -0.25) is 9.59 Å². The predicted molar refractivity (Wildman–Crippen MR) is 76.5 cm³/mol. The van der Waals surface area contributed by atoms with Crippen LogP contribution in [-0.2, 0) is 9.59 Å². The van der Waals surface area contributed by atoms with E-state index in [4.69, 9.17) is 10.2 Å². The summed E-state index contributed by atoms with van der Waals surface area (Å²) in [6, 6.07) is 0. The minimum atomic E-state index is -1.58. The molecule has 3 N–H and O–H groups in total. The third kappa shape index (κ3) is 8.27.